The standard InChI is InChI=1S/C13H26N2O/c1-15-7-3-4-11(10-15)9-14-12-5-6-13(8-12)16-2/h11-14H,3-10H2,1-2H3. The lowest BCUT2D eigenvalue weighted by Gasteiger charge is -2.30. The van der Waals surface area contributed by atoms with Gasteiger partial charge in [-0.1, -0.05) is 0 Å². The van der Waals surface area contributed by atoms with E-state index >= 15 is 0 Å². The molecule has 1 saturated carbocycles. The van der Waals surface area contributed by atoms with Crippen LogP contribution in [0.25, 0.3) is 0 Å². The topological polar surface area (TPSA) is 24.5 Å². The van der Waals surface area contributed by atoms with Crippen molar-refractivity contribution in [3.05, 3.63) is 0 Å². The number of hydrogen-bond donors (Lipinski definition) is 1. The summed E-state index contributed by atoms with van der Waals surface area (Å²) in [5.41, 5.74) is 0. The van der Waals surface area contributed by atoms with Gasteiger partial charge in [0.25, 0.3) is 0 Å². The average Bonchev–Trinajstić information content (AvgIpc) is 2.74. The maximum atomic E-state index is 5.40. The molecular formula is C13H26N2O. The zero-order valence-electron chi connectivity index (χ0n) is 10.7. The van der Waals surface area contributed by atoms with Crippen LogP contribution in [-0.4, -0.2) is 50.8 Å². The van der Waals surface area contributed by atoms with Crippen molar-refractivity contribution in [2.24, 2.45) is 5.92 Å². The molecule has 1 aliphatic heterocycles. The van der Waals surface area contributed by atoms with Gasteiger partial charge in [-0.25, -0.2) is 0 Å². The van der Waals surface area contributed by atoms with E-state index in [-0.39, 0.29) is 0 Å². The molecule has 0 amide bonds. The molecule has 3 nitrogen and oxygen atoms in total. The molecule has 1 saturated heterocycles. The summed E-state index contributed by atoms with van der Waals surface area (Å²) < 4.78 is 5.40. The summed E-state index contributed by atoms with van der Waals surface area (Å²) in [6.45, 7) is 3.75. The first kappa shape index (κ1) is 12.3. The van der Waals surface area contributed by atoms with Crippen LogP contribution in [0.15, 0.2) is 0 Å². The number of likely N-dealkylation sites (tertiary alicyclic amines) is 1. The first-order valence-corrected chi connectivity index (χ1v) is 6.72. The van der Waals surface area contributed by atoms with E-state index in [0.29, 0.717) is 12.1 Å². The lowest BCUT2D eigenvalue weighted by Crippen LogP contribution is -2.40. The largest absolute Gasteiger partial charge is 0.381 e. The zero-order valence-corrected chi connectivity index (χ0v) is 10.7. The molecule has 0 aromatic carbocycles. The molecule has 3 unspecified atom stereocenters. The van der Waals surface area contributed by atoms with Gasteiger partial charge in [-0.2, -0.15) is 0 Å². The fraction of sp³-hybridized carbons (Fsp3) is 1.00. The highest BCUT2D eigenvalue weighted by Gasteiger charge is 2.25. The number of ether oxygens (including phenoxy) is 1. The van der Waals surface area contributed by atoms with Crippen LogP contribution >= 0.6 is 0 Å². The summed E-state index contributed by atoms with van der Waals surface area (Å²) in [7, 11) is 4.08. The van der Waals surface area contributed by atoms with Gasteiger partial charge >= 0.3 is 0 Å². The normalized spacial score (nSPS) is 36.8. The van der Waals surface area contributed by atoms with E-state index in [1.54, 1.807) is 0 Å². The van der Waals surface area contributed by atoms with Crippen molar-refractivity contribution < 1.29 is 4.74 Å². The molecule has 1 heterocycles. The Morgan fingerprint density at radius 2 is 2.19 bits per heavy atom. The van der Waals surface area contributed by atoms with Gasteiger partial charge in [0.15, 0.2) is 0 Å². The van der Waals surface area contributed by atoms with Crippen molar-refractivity contribution in [2.75, 3.05) is 33.8 Å². The Morgan fingerprint density at radius 3 is 2.88 bits per heavy atom. The summed E-state index contributed by atoms with van der Waals surface area (Å²) in [5, 5.41) is 3.73. The molecule has 0 radical (unpaired) electrons. The van der Waals surface area contributed by atoms with Crippen molar-refractivity contribution in [3.63, 3.8) is 0 Å². The molecule has 0 bridgehead atoms. The third kappa shape index (κ3) is 3.44. The van der Waals surface area contributed by atoms with E-state index in [0.717, 1.165) is 5.92 Å². The number of hydrogen-bond acceptors (Lipinski definition) is 3. The molecule has 2 rings (SSSR count). The van der Waals surface area contributed by atoms with Gasteiger partial charge in [0.05, 0.1) is 6.10 Å². The van der Waals surface area contributed by atoms with Gasteiger partial charge in [-0.15, -0.1) is 0 Å². The number of nitrogens with zero attached hydrogens (tertiary/aromatic N) is 1. The molecule has 0 aromatic heterocycles. The van der Waals surface area contributed by atoms with Crippen LogP contribution in [0.1, 0.15) is 32.1 Å². The van der Waals surface area contributed by atoms with Crippen LogP contribution in [-0.2, 0) is 4.74 Å². The van der Waals surface area contributed by atoms with E-state index in [1.165, 1.54) is 51.7 Å². The lowest BCUT2D eigenvalue weighted by molar-refractivity contribution is 0.106. The summed E-state index contributed by atoms with van der Waals surface area (Å²) in [4.78, 5) is 2.46. The third-order valence-corrected chi connectivity index (χ3v) is 4.14. The molecule has 0 spiro atoms. The van der Waals surface area contributed by atoms with Crippen LogP contribution in [0.2, 0.25) is 0 Å². The van der Waals surface area contributed by atoms with Crippen molar-refractivity contribution in [1.82, 2.24) is 10.2 Å². The minimum absolute atomic E-state index is 0.506. The molecule has 0 aromatic rings. The van der Waals surface area contributed by atoms with Crippen LogP contribution < -0.4 is 5.32 Å². The van der Waals surface area contributed by atoms with Crippen molar-refractivity contribution in [1.29, 1.82) is 0 Å². The molecular weight excluding hydrogens is 200 g/mol. The van der Waals surface area contributed by atoms with Gasteiger partial charge in [0.1, 0.15) is 0 Å². The van der Waals surface area contributed by atoms with Crippen molar-refractivity contribution >= 4 is 0 Å². The second-order valence-electron chi connectivity index (χ2n) is 5.55. The van der Waals surface area contributed by atoms with Crippen LogP contribution in [0.3, 0.4) is 0 Å². The monoisotopic (exact) mass is 226 g/mol. The van der Waals surface area contributed by atoms with Gasteiger partial charge in [-0.3, -0.25) is 0 Å². The molecule has 1 aliphatic carbocycles. The number of methoxy groups -OCH3 is 1. The van der Waals surface area contributed by atoms with Gasteiger partial charge in [-0.05, 0) is 58.2 Å². The molecule has 2 aliphatic rings. The summed E-state index contributed by atoms with van der Waals surface area (Å²) in [5.74, 6) is 0.861. The predicted molar refractivity (Wildman–Crippen MR) is 66.7 cm³/mol. The van der Waals surface area contributed by atoms with E-state index in [1.807, 2.05) is 7.11 Å². The Morgan fingerprint density at radius 1 is 1.31 bits per heavy atom. The van der Waals surface area contributed by atoms with E-state index in [2.05, 4.69) is 17.3 Å². The van der Waals surface area contributed by atoms with Crippen molar-refractivity contribution in [2.45, 2.75) is 44.2 Å². The Hall–Kier alpha value is -0.120. The first-order valence-electron chi connectivity index (χ1n) is 6.72. The maximum absolute atomic E-state index is 5.40. The van der Waals surface area contributed by atoms with Crippen LogP contribution in [0, 0.1) is 5.92 Å². The number of piperidine rings is 1. The van der Waals surface area contributed by atoms with E-state index in [9.17, 15) is 0 Å². The third-order valence-electron chi connectivity index (χ3n) is 4.14. The molecule has 94 valence electrons. The highest BCUT2D eigenvalue weighted by molar-refractivity contribution is 4.82. The molecule has 16 heavy (non-hydrogen) atoms. The minimum atomic E-state index is 0.506. The average molecular weight is 226 g/mol. The predicted octanol–water partition coefficient (Wildman–Crippen LogP) is 1.49. The van der Waals surface area contributed by atoms with Crippen LogP contribution in [0.4, 0.5) is 0 Å². The number of rotatable bonds is 4. The molecule has 2 fully saturated rings. The summed E-state index contributed by atoms with van der Waals surface area (Å²) in [6.07, 6.45) is 7.01. The fourth-order valence-corrected chi connectivity index (χ4v) is 3.11. The minimum Gasteiger partial charge on any atom is -0.381 e. The second-order valence-corrected chi connectivity index (χ2v) is 5.55. The smallest absolute Gasteiger partial charge is 0.0586 e. The van der Waals surface area contributed by atoms with E-state index in [4.69, 9.17) is 4.74 Å². The fourth-order valence-electron chi connectivity index (χ4n) is 3.11. The van der Waals surface area contributed by atoms with Gasteiger partial charge in [0.2, 0.25) is 0 Å². The Balaban J connectivity index is 1.64. The molecule has 3 atom stereocenters. The quantitative estimate of drug-likeness (QED) is 0.786. The molecule has 1 N–H and O–H groups in total. The van der Waals surface area contributed by atoms with E-state index < -0.39 is 0 Å². The van der Waals surface area contributed by atoms with Crippen molar-refractivity contribution in [3.8, 4) is 0 Å². The first-order chi connectivity index (χ1) is 7.78. The summed E-state index contributed by atoms with van der Waals surface area (Å²) >= 11 is 0. The number of nitrogens with one attached hydrogen (secondary N) is 1. The zero-order chi connectivity index (χ0) is 11.4. The highest BCUT2D eigenvalue weighted by Crippen LogP contribution is 2.22. The van der Waals surface area contributed by atoms with Gasteiger partial charge < -0.3 is 15.0 Å². The second kappa shape index (κ2) is 5.99. The Kier molecular flexibility index (Phi) is 4.62. The van der Waals surface area contributed by atoms with Crippen LogP contribution in [0.5, 0.6) is 0 Å². The summed E-state index contributed by atoms with van der Waals surface area (Å²) in [6, 6.07) is 0.706. The Bertz CT molecular complexity index is 210. The van der Waals surface area contributed by atoms with Gasteiger partial charge in [0, 0.05) is 19.7 Å². The molecule has 3 heteroatoms. The maximum Gasteiger partial charge on any atom is 0.0586 e. The highest BCUT2D eigenvalue weighted by atomic mass is 16.5. The Labute approximate surface area is 99.5 Å². The SMILES string of the molecule is COC1CCC(NCC2CCCN(C)C2)C1. The lowest BCUT2D eigenvalue weighted by atomic mass is 9.98.